The highest BCUT2D eigenvalue weighted by Crippen LogP contribution is 2.32. The van der Waals surface area contributed by atoms with Gasteiger partial charge in [-0.2, -0.15) is 0 Å². The van der Waals surface area contributed by atoms with Crippen molar-refractivity contribution in [3.63, 3.8) is 0 Å². The predicted octanol–water partition coefficient (Wildman–Crippen LogP) is 5.79. The molecule has 1 aliphatic heterocycles. The van der Waals surface area contributed by atoms with Gasteiger partial charge in [-0.05, 0) is 62.6 Å². The zero-order valence-electron chi connectivity index (χ0n) is 18.1. The van der Waals surface area contributed by atoms with Crippen molar-refractivity contribution in [1.82, 2.24) is 9.88 Å². The molecule has 0 spiro atoms. The summed E-state index contributed by atoms with van der Waals surface area (Å²) < 4.78 is 1.01. The van der Waals surface area contributed by atoms with Gasteiger partial charge >= 0.3 is 6.03 Å². The summed E-state index contributed by atoms with van der Waals surface area (Å²) in [5.74, 6) is -0.265. The van der Waals surface area contributed by atoms with Crippen LogP contribution >= 0.6 is 23.1 Å². The first-order valence-electron chi connectivity index (χ1n) is 10.6. The largest absolute Gasteiger partial charge is 0.326 e. The molecule has 1 atom stereocenters. The number of likely N-dealkylation sites (tertiary alicyclic amines) is 1. The maximum absolute atomic E-state index is 12.9. The Kier molecular flexibility index (Phi) is 7.12. The van der Waals surface area contributed by atoms with Gasteiger partial charge in [-0.1, -0.05) is 30.0 Å². The van der Waals surface area contributed by atoms with Crippen molar-refractivity contribution in [1.29, 1.82) is 0 Å². The van der Waals surface area contributed by atoms with Gasteiger partial charge in [-0.15, -0.1) is 11.3 Å². The summed E-state index contributed by atoms with van der Waals surface area (Å²) in [6.07, 6.45) is 1.58. The van der Waals surface area contributed by atoms with Gasteiger partial charge in [0.15, 0.2) is 4.34 Å². The molecule has 1 aliphatic rings. The summed E-state index contributed by atoms with van der Waals surface area (Å²) in [4.78, 5) is 32.9. The maximum atomic E-state index is 12.9. The van der Waals surface area contributed by atoms with E-state index < -0.39 is 0 Å². The molecule has 166 valence electrons. The van der Waals surface area contributed by atoms with Crippen LogP contribution in [-0.2, 0) is 4.79 Å². The number of thiazole rings is 1. The fourth-order valence-corrected chi connectivity index (χ4v) is 5.56. The number of carbonyl (C=O) groups excluding carboxylic acids is 2. The first kappa shape index (κ1) is 22.4. The minimum absolute atomic E-state index is 0.0405. The number of benzene rings is 2. The number of para-hydroxylation sites is 1. The zero-order valence-corrected chi connectivity index (χ0v) is 19.8. The third kappa shape index (κ3) is 5.69. The lowest BCUT2D eigenvalue weighted by Crippen LogP contribution is -2.45. The zero-order chi connectivity index (χ0) is 22.5. The van der Waals surface area contributed by atoms with Crippen LogP contribution in [0.15, 0.2) is 63.1 Å². The van der Waals surface area contributed by atoms with Crippen LogP contribution in [0, 0.1) is 19.8 Å². The van der Waals surface area contributed by atoms with E-state index in [1.54, 1.807) is 28.0 Å². The molecule has 2 aromatic carbocycles. The lowest BCUT2D eigenvalue weighted by molar-refractivity contribution is -0.121. The number of rotatable bonds is 5. The lowest BCUT2D eigenvalue weighted by atomic mass is 9.97. The first-order chi connectivity index (χ1) is 15.5. The Morgan fingerprint density at radius 1 is 1.12 bits per heavy atom. The molecule has 2 heterocycles. The van der Waals surface area contributed by atoms with Gasteiger partial charge in [-0.25, -0.2) is 9.78 Å². The molecule has 1 fully saturated rings. The Hall–Kier alpha value is -2.84. The van der Waals surface area contributed by atoms with Crippen LogP contribution in [0.25, 0.3) is 0 Å². The number of nitrogens with zero attached hydrogens (tertiary/aromatic N) is 2. The molecular formula is C24H26N4O2S2. The highest BCUT2D eigenvalue weighted by molar-refractivity contribution is 8.01. The summed E-state index contributed by atoms with van der Waals surface area (Å²) in [5, 5.41) is 8.01. The molecule has 6 nitrogen and oxygen atoms in total. The fourth-order valence-electron chi connectivity index (χ4n) is 3.65. The van der Waals surface area contributed by atoms with E-state index in [2.05, 4.69) is 21.7 Å². The molecule has 4 rings (SSSR count). The van der Waals surface area contributed by atoms with Gasteiger partial charge < -0.3 is 15.5 Å². The van der Waals surface area contributed by atoms with Crippen molar-refractivity contribution in [3.8, 4) is 0 Å². The molecule has 1 aromatic heterocycles. The molecule has 0 bridgehead atoms. The van der Waals surface area contributed by atoms with E-state index in [0.717, 1.165) is 44.7 Å². The Morgan fingerprint density at radius 3 is 2.66 bits per heavy atom. The van der Waals surface area contributed by atoms with Gasteiger partial charge in [0.2, 0.25) is 5.91 Å². The fraction of sp³-hybridized carbons (Fsp3) is 0.292. The van der Waals surface area contributed by atoms with Crippen molar-refractivity contribution in [3.05, 3.63) is 65.2 Å². The normalized spacial score (nSPS) is 15.9. The van der Waals surface area contributed by atoms with E-state index in [0.29, 0.717) is 13.1 Å². The van der Waals surface area contributed by atoms with Crippen LogP contribution in [0.1, 0.15) is 24.1 Å². The Labute approximate surface area is 196 Å². The van der Waals surface area contributed by atoms with Crippen molar-refractivity contribution < 1.29 is 9.59 Å². The molecule has 3 aromatic rings. The number of carbonyl (C=O) groups is 2. The van der Waals surface area contributed by atoms with Crippen molar-refractivity contribution in [2.75, 3.05) is 23.7 Å². The average Bonchev–Trinajstić information content (AvgIpc) is 3.20. The number of aromatic nitrogens is 1. The molecular weight excluding hydrogens is 440 g/mol. The van der Waals surface area contributed by atoms with E-state index in [1.807, 2.05) is 61.7 Å². The van der Waals surface area contributed by atoms with Crippen LogP contribution in [0.5, 0.6) is 0 Å². The Bertz CT molecular complexity index is 1100. The van der Waals surface area contributed by atoms with Gasteiger partial charge in [-0.3, -0.25) is 4.79 Å². The number of hydrogen-bond donors (Lipinski definition) is 2. The number of anilines is 2. The monoisotopic (exact) mass is 466 g/mol. The van der Waals surface area contributed by atoms with E-state index in [-0.39, 0.29) is 17.9 Å². The van der Waals surface area contributed by atoms with E-state index >= 15 is 0 Å². The molecule has 0 aliphatic carbocycles. The van der Waals surface area contributed by atoms with Crippen LogP contribution in [0.4, 0.5) is 16.2 Å². The average molecular weight is 467 g/mol. The van der Waals surface area contributed by atoms with E-state index in [1.165, 1.54) is 0 Å². The molecule has 0 saturated carbocycles. The first-order valence-corrected chi connectivity index (χ1v) is 12.3. The van der Waals surface area contributed by atoms with Crippen LogP contribution in [-0.4, -0.2) is 34.9 Å². The third-order valence-corrected chi connectivity index (χ3v) is 7.41. The predicted molar refractivity (Wildman–Crippen MR) is 131 cm³/mol. The second kappa shape index (κ2) is 10.2. The summed E-state index contributed by atoms with van der Waals surface area (Å²) in [7, 11) is 0. The second-order valence-electron chi connectivity index (χ2n) is 7.90. The Balaban J connectivity index is 1.35. The summed E-state index contributed by atoms with van der Waals surface area (Å²) >= 11 is 3.26. The van der Waals surface area contributed by atoms with Crippen LogP contribution in [0.2, 0.25) is 0 Å². The number of piperidine rings is 1. The molecule has 2 N–H and O–H groups in total. The van der Waals surface area contributed by atoms with Gasteiger partial charge in [0.1, 0.15) is 0 Å². The summed E-state index contributed by atoms with van der Waals surface area (Å²) in [6, 6.07) is 15.2. The van der Waals surface area contributed by atoms with Crippen LogP contribution in [0.3, 0.4) is 0 Å². The van der Waals surface area contributed by atoms with Crippen molar-refractivity contribution in [2.45, 2.75) is 35.9 Å². The summed E-state index contributed by atoms with van der Waals surface area (Å²) in [5.41, 5.74) is 3.59. The molecule has 8 heteroatoms. The lowest BCUT2D eigenvalue weighted by Gasteiger charge is -2.32. The number of urea groups is 1. The number of nitrogens with one attached hydrogen (secondary N) is 2. The van der Waals surface area contributed by atoms with Gasteiger partial charge in [0.05, 0.1) is 5.92 Å². The van der Waals surface area contributed by atoms with E-state index in [9.17, 15) is 9.59 Å². The van der Waals surface area contributed by atoms with Gasteiger partial charge in [0, 0.05) is 40.4 Å². The summed E-state index contributed by atoms with van der Waals surface area (Å²) in [6.45, 7) is 5.06. The minimum atomic E-state index is -0.225. The highest BCUT2D eigenvalue weighted by atomic mass is 32.2. The van der Waals surface area contributed by atoms with Crippen LogP contribution < -0.4 is 10.6 Å². The van der Waals surface area contributed by atoms with E-state index in [4.69, 9.17) is 0 Å². The number of aryl methyl sites for hydroxylation is 2. The third-order valence-electron chi connectivity index (χ3n) is 5.36. The van der Waals surface area contributed by atoms with Crippen molar-refractivity contribution >= 4 is 46.4 Å². The minimum Gasteiger partial charge on any atom is -0.326 e. The standard InChI is InChI=1S/C24H26N4O2S2/c1-16-13-20(32-24-25-17(2)15-31-24)10-11-21(16)27-22(29)18-7-6-12-28(14-18)23(30)26-19-8-4-3-5-9-19/h3-5,8-11,13,15,18H,6-7,12,14H2,1-2H3,(H,26,30)(H,27,29). The second-order valence-corrected chi connectivity index (χ2v) is 10.1. The molecule has 1 saturated heterocycles. The SMILES string of the molecule is Cc1csc(Sc2ccc(NC(=O)C3CCCN(C(=O)Nc4ccccc4)C3)c(C)c2)n1. The van der Waals surface area contributed by atoms with Gasteiger partial charge in [0.25, 0.3) is 0 Å². The molecule has 1 unspecified atom stereocenters. The smallest absolute Gasteiger partial charge is 0.321 e. The topological polar surface area (TPSA) is 74.3 Å². The quantitative estimate of drug-likeness (QED) is 0.499. The molecule has 3 amide bonds. The maximum Gasteiger partial charge on any atom is 0.321 e. The number of amides is 3. The highest BCUT2D eigenvalue weighted by Gasteiger charge is 2.28. The Morgan fingerprint density at radius 2 is 1.94 bits per heavy atom. The molecule has 32 heavy (non-hydrogen) atoms. The van der Waals surface area contributed by atoms with Crippen molar-refractivity contribution in [2.24, 2.45) is 5.92 Å². The molecule has 0 radical (unpaired) electrons. The number of hydrogen-bond acceptors (Lipinski definition) is 5.